The van der Waals surface area contributed by atoms with E-state index in [0.29, 0.717) is 0 Å². The zero-order chi connectivity index (χ0) is 12.8. The van der Waals surface area contributed by atoms with Gasteiger partial charge in [0.15, 0.2) is 0 Å². The Labute approximate surface area is 107 Å². The van der Waals surface area contributed by atoms with Crippen LogP contribution in [-0.4, -0.2) is 6.54 Å². The van der Waals surface area contributed by atoms with Crippen LogP contribution in [0.5, 0.6) is 0 Å². The first kappa shape index (κ1) is 12.8. The first-order chi connectivity index (χ1) is 8.78. The van der Waals surface area contributed by atoms with Crippen LogP contribution < -0.4 is 5.32 Å². The summed E-state index contributed by atoms with van der Waals surface area (Å²) in [6.45, 7) is 3.60. The van der Waals surface area contributed by atoms with E-state index in [-0.39, 0.29) is 5.82 Å². The second-order valence-corrected chi connectivity index (χ2v) is 4.28. The molecule has 0 bridgehead atoms. The molecule has 3 heteroatoms. The molecule has 0 radical (unpaired) electrons. The van der Waals surface area contributed by atoms with Crippen molar-refractivity contribution in [2.24, 2.45) is 0 Å². The van der Waals surface area contributed by atoms with Gasteiger partial charge in [0.2, 0.25) is 0 Å². The quantitative estimate of drug-likeness (QED) is 0.792. The number of hydrogen-bond acceptors (Lipinski definition) is 2. The van der Waals surface area contributed by atoms with Gasteiger partial charge in [0.25, 0.3) is 0 Å². The molecule has 0 atom stereocenters. The third kappa shape index (κ3) is 3.70. The highest BCUT2D eigenvalue weighted by molar-refractivity contribution is 5.16. The second-order valence-electron chi connectivity index (χ2n) is 4.28. The van der Waals surface area contributed by atoms with Crippen molar-refractivity contribution in [1.29, 1.82) is 0 Å². The lowest BCUT2D eigenvalue weighted by Gasteiger charge is -2.03. The number of aryl methyl sites for hydroxylation is 1. The number of rotatable bonds is 6. The summed E-state index contributed by atoms with van der Waals surface area (Å²) in [5, 5.41) is 3.29. The summed E-state index contributed by atoms with van der Waals surface area (Å²) in [5.41, 5.74) is 1.01. The van der Waals surface area contributed by atoms with Gasteiger partial charge in [-0.2, -0.15) is 0 Å². The number of nitrogens with one attached hydrogen (secondary N) is 1. The molecule has 1 N–H and O–H groups in total. The molecule has 96 valence electrons. The van der Waals surface area contributed by atoms with E-state index in [9.17, 15) is 4.39 Å². The normalized spacial score (nSPS) is 10.8. The molecule has 0 aliphatic carbocycles. The summed E-state index contributed by atoms with van der Waals surface area (Å²) in [6.07, 6.45) is 1.74. The lowest BCUT2D eigenvalue weighted by Crippen LogP contribution is -2.16. The Hall–Kier alpha value is -1.61. The van der Waals surface area contributed by atoms with E-state index < -0.39 is 0 Å². The van der Waals surface area contributed by atoms with E-state index in [1.54, 1.807) is 12.1 Å². The molecule has 0 saturated heterocycles. The third-order valence-electron chi connectivity index (χ3n) is 2.84. The highest BCUT2D eigenvalue weighted by atomic mass is 19.1. The van der Waals surface area contributed by atoms with E-state index in [1.807, 2.05) is 18.2 Å². The van der Waals surface area contributed by atoms with Gasteiger partial charge in [-0.1, -0.05) is 19.1 Å². The van der Waals surface area contributed by atoms with Crippen molar-refractivity contribution >= 4 is 0 Å². The Morgan fingerprint density at radius 3 is 2.72 bits per heavy atom. The molecule has 0 saturated carbocycles. The summed E-state index contributed by atoms with van der Waals surface area (Å²) in [5.74, 6) is 1.79. The van der Waals surface area contributed by atoms with Crippen molar-refractivity contribution in [3.63, 3.8) is 0 Å². The number of benzene rings is 1. The van der Waals surface area contributed by atoms with Crippen molar-refractivity contribution in [3.8, 4) is 0 Å². The molecule has 18 heavy (non-hydrogen) atoms. The lowest BCUT2D eigenvalue weighted by atomic mass is 10.1. The van der Waals surface area contributed by atoms with Gasteiger partial charge in [-0.25, -0.2) is 4.39 Å². The molecule has 2 aromatic rings. The van der Waals surface area contributed by atoms with Crippen LogP contribution in [0.4, 0.5) is 4.39 Å². The number of halogens is 1. The van der Waals surface area contributed by atoms with E-state index in [1.165, 1.54) is 6.07 Å². The van der Waals surface area contributed by atoms with Gasteiger partial charge < -0.3 is 9.73 Å². The van der Waals surface area contributed by atoms with Crippen LogP contribution in [0, 0.1) is 5.82 Å². The summed E-state index contributed by atoms with van der Waals surface area (Å²) in [6, 6.07) is 10.7. The maximum atomic E-state index is 12.9. The summed E-state index contributed by atoms with van der Waals surface area (Å²) in [4.78, 5) is 0. The minimum Gasteiger partial charge on any atom is -0.465 e. The number of furan rings is 1. The molecule has 0 unspecified atom stereocenters. The largest absolute Gasteiger partial charge is 0.465 e. The second kappa shape index (κ2) is 6.36. The molecular formula is C15H18FNO. The highest BCUT2D eigenvalue weighted by Crippen LogP contribution is 2.08. The van der Waals surface area contributed by atoms with E-state index in [0.717, 1.165) is 43.0 Å². The minimum absolute atomic E-state index is 0.175. The van der Waals surface area contributed by atoms with Crippen molar-refractivity contribution in [3.05, 3.63) is 59.3 Å². The van der Waals surface area contributed by atoms with Crippen LogP contribution in [0.2, 0.25) is 0 Å². The predicted molar refractivity (Wildman–Crippen MR) is 69.9 cm³/mol. The van der Waals surface area contributed by atoms with Crippen molar-refractivity contribution in [2.45, 2.75) is 26.3 Å². The van der Waals surface area contributed by atoms with Crippen LogP contribution in [0.1, 0.15) is 24.0 Å². The minimum atomic E-state index is -0.175. The van der Waals surface area contributed by atoms with Gasteiger partial charge in [0.05, 0.1) is 6.54 Å². The topological polar surface area (TPSA) is 25.2 Å². The number of hydrogen-bond donors (Lipinski definition) is 1. The molecule has 1 aromatic heterocycles. The fourth-order valence-corrected chi connectivity index (χ4v) is 1.84. The van der Waals surface area contributed by atoms with Crippen molar-refractivity contribution < 1.29 is 8.81 Å². The molecule has 2 rings (SSSR count). The zero-order valence-corrected chi connectivity index (χ0v) is 10.6. The Balaban J connectivity index is 1.72. The van der Waals surface area contributed by atoms with Crippen LogP contribution in [0.15, 0.2) is 40.8 Å². The lowest BCUT2D eigenvalue weighted by molar-refractivity contribution is 0.451. The van der Waals surface area contributed by atoms with Crippen molar-refractivity contribution in [1.82, 2.24) is 5.32 Å². The Morgan fingerprint density at radius 1 is 1.17 bits per heavy atom. The average molecular weight is 247 g/mol. The van der Waals surface area contributed by atoms with E-state index in [4.69, 9.17) is 4.42 Å². The smallest absolute Gasteiger partial charge is 0.123 e. The molecule has 0 aliphatic heterocycles. The predicted octanol–water partition coefficient (Wildman–Crippen LogP) is 3.31. The molecule has 0 amide bonds. The fourth-order valence-electron chi connectivity index (χ4n) is 1.84. The standard InChI is InChI=1S/C15H18FNO/c1-2-14-6-7-15(18-14)11-17-9-8-12-4-3-5-13(16)10-12/h3-7,10,17H,2,8-9,11H2,1H3. The SMILES string of the molecule is CCc1ccc(CNCCc2cccc(F)c2)o1. The maximum Gasteiger partial charge on any atom is 0.123 e. The van der Waals surface area contributed by atoms with Crippen LogP contribution in [0.25, 0.3) is 0 Å². The average Bonchev–Trinajstić information content (AvgIpc) is 2.83. The molecule has 1 aromatic carbocycles. The van der Waals surface area contributed by atoms with E-state index >= 15 is 0 Å². The van der Waals surface area contributed by atoms with Crippen molar-refractivity contribution in [2.75, 3.05) is 6.54 Å². The first-order valence-electron chi connectivity index (χ1n) is 6.30. The van der Waals surface area contributed by atoms with Crippen LogP contribution >= 0.6 is 0 Å². The third-order valence-corrected chi connectivity index (χ3v) is 2.84. The molecule has 0 fully saturated rings. The molecular weight excluding hydrogens is 229 g/mol. The Kier molecular flexibility index (Phi) is 4.53. The van der Waals surface area contributed by atoms with Gasteiger partial charge >= 0.3 is 0 Å². The molecule has 0 aliphatic rings. The van der Waals surface area contributed by atoms with E-state index in [2.05, 4.69) is 12.2 Å². The van der Waals surface area contributed by atoms with Crippen LogP contribution in [-0.2, 0) is 19.4 Å². The molecule has 1 heterocycles. The fraction of sp³-hybridized carbons (Fsp3) is 0.333. The Bertz CT molecular complexity index is 493. The molecule has 2 nitrogen and oxygen atoms in total. The summed E-state index contributed by atoms with van der Waals surface area (Å²) < 4.78 is 18.5. The summed E-state index contributed by atoms with van der Waals surface area (Å²) >= 11 is 0. The highest BCUT2D eigenvalue weighted by Gasteiger charge is 2.00. The van der Waals surface area contributed by atoms with Gasteiger partial charge in [0.1, 0.15) is 17.3 Å². The zero-order valence-electron chi connectivity index (χ0n) is 10.6. The van der Waals surface area contributed by atoms with Crippen LogP contribution in [0.3, 0.4) is 0 Å². The Morgan fingerprint density at radius 2 is 2.00 bits per heavy atom. The monoisotopic (exact) mass is 247 g/mol. The first-order valence-corrected chi connectivity index (χ1v) is 6.30. The van der Waals surface area contributed by atoms with Gasteiger partial charge in [-0.05, 0) is 42.8 Å². The van der Waals surface area contributed by atoms with Gasteiger partial charge in [-0.15, -0.1) is 0 Å². The van der Waals surface area contributed by atoms with Gasteiger partial charge in [0, 0.05) is 6.42 Å². The van der Waals surface area contributed by atoms with Gasteiger partial charge in [-0.3, -0.25) is 0 Å². The molecule has 0 spiro atoms. The maximum absolute atomic E-state index is 12.9. The summed E-state index contributed by atoms with van der Waals surface area (Å²) in [7, 11) is 0.